The van der Waals surface area contributed by atoms with Crippen LogP contribution in [0.1, 0.15) is 58.3 Å². The van der Waals surface area contributed by atoms with E-state index in [-0.39, 0.29) is 18.3 Å². The van der Waals surface area contributed by atoms with Gasteiger partial charge < -0.3 is 15.7 Å². The summed E-state index contributed by atoms with van der Waals surface area (Å²) in [6, 6.07) is -0.546. The standard InChI is InChI=1S/C15H26N2O3.ClH/c1-15(14(19)20)8-5-9-17(15)13(18)12(16)10-11-6-3-2-4-7-11;/h11-12H,2-10,16H2,1H3,(H,19,20);1H/t12-,15+;/m1./s1. The van der Waals surface area contributed by atoms with Crippen molar-refractivity contribution in [2.24, 2.45) is 11.7 Å². The zero-order valence-corrected chi connectivity index (χ0v) is 13.5. The Balaban J connectivity index is 0.00000220. The topological polar surface area (TPSA) is 83.6 Å². The zero-order chi connectivity index (χ0) is 14.8. The van der Waals surface area contributed by atoms with Crippen LogP contribution in [0.15, 0.2) is 0 Å². The number of nitrogens with zero attached hydrogens (tertiary/aromatic N) is 1. The van der Waals surface area contributed by atoms with Crippen LogP contribution in [0.25, 0.3) is 0 Å². The Morgan fingerprint density at radius 1 is 1.29 bits per heavy atom. The van der Waals surface area contributed by atoms with Gasteiger partial charge in [-0.25, -0.2) is 4.79 Å². The molecule has 2 fully saturated rings. The average Bonchev–Trinajstić information content (AvgIpc) is 2.82. The summed E-state index contributed by atoms with van der Waals surface area (Å²) in [7, 11) is 0. The third kappa shape index (κ3) is 3.89. The minimum Gasteiger partial charge on any atom is -0.480 e. The van der Waals surface area contributed by atoms with E-state index in [0.29, 0.717) is 25.3 Å². The number of hydrogen-bond acceptors (Lipinski definition) is 3. The van der Waals surface area contributed by atoms with E-state index < -0.39 is 17.6 Å². The van der Waals surface area contributed by atoms with Crippen LogP contribution >= 0.6 is 12.4 Å². The molecule has 0 radical (unpaired) electrons. The van der Waals surface area contributed by atoms with Crippen LogP contribution in [-0.4, -0.2) is 40.0 Å². The molecule has 1 aliphatic carbocycles. The highest BCUT2D eigenvalue weighted by Crippen LogP contribution is 2.32. The van der Waals surface area contributed by atoms with Crippen molar-refractivity contribution in [1.82, 2.24) is 4.90 Å². The molecule has 1 saturated carbocycles. The van der Waals surface area contributed by atoms with E-state index in [1.165, 1.54) is 24.2 Å². The maximum absolute atomic E-state index is 12.5. The van der Waals surface area contributed by atoms with E-state index in [9.17, 15) is 14.7 Å². The lowest BCUT2D eigenvalue weighted by molar-refractivity contribution is -0.156. The first-order valence-corrected chi connectivity index (χ1v) is 7.75. The molecule has 0 aromatic heterocycles. The van der Waals surface area contributed by atoms with Crippen molar-refractivity contribution in [2.75, 3.05) is 6.54 Å². The van der Waals surface area contributed by atoms with E-state index in [2.05, 4.69) is 0 Å². The Bertz CT molecular complexity index is 385. The largest absolute Gasteiger partial charge is 0.480 e. The molecule has 2 atom stereocenters. The van der Waals surface area contributed by atoms with Gasteiger partial charge in [-0.3, -0.25) is 4.79 Å². The number of nitrogens with two attached hydrogens (primary N) is 1. The van der Waals surface area contributed by atoms with Crippen LogP contribution in [-0.2, 0) is 9.59 Å². The van der Waals surface area contributed by atoms with Gasteiger partial charge in [0.25, 0.3) is 0 Å². The second-order valence-electron chi connectivity index (χ2n) is 6.52. The van der Waals surface area contributed by atoms with Gasteiger partial charge in [0.2, 0.25) is 5.91 Å². The minimum absolute atomic E-state index is 0. The second-order valence-corrected chi connectivity index (χ2v) is 6.52. The Morgan fingerprint density at radius 2 is 1.90 bits per heavy atom. The summed E-state index contributed by atoms with van der Waals surface area (Å²) in [5.74, 6) is -0.576. The van der Waals surface area contributed by atoms with E-state index in [1.807, 2.05) is 0 Å². The van der Waals surface area contributed by atoms with Crippen molar-refractivity contribution >= 4 is 24.3 Å². The molecule has 0 bridgehead atoms. The van der Waals surface area contributed by atoms with E-state index in [1.54, 1.807) is 6.92 Å². The summed E-state index contributed by atoms with van der Waals surface area (Å²) in [5, 5.41) is 9.36. The summed E-state index contributed by atoms with van der Waals surface area (Å²) >= 11 is 0. The number of rotatable bonds is 4. The second kappa shape index (κ2) is 7.45. The Morgan fingerprint density at radius 3 is 2.48 bits per heavy atom. The summed E-state index contributed by atoms with van der Waals surface area (Å²) < 4.78 is 0. The number of amides is 1. The third-order valence-electron chi connectivity index (χ3n) is 5.00. The molecule has 1 saturated heterocycles. The van der Waals surface area contributed by atoms with E-state index >= 15 is 0 Å². The van der Waals surface area contributed by atoms with Crippen LogP contribution in [0, 0.1) is 5.92 Å². The summed E-state index contributed by atoms with van der Waals surface area (Å²) in [6.07, 6.45) is 7.99. The fourth-order valence-electron chi connectivity index (χ4n) is 3.62. The Kier molecular flexibility index (Phi) is 6.47. The van der Waals surface area contributed by atoms with Crippen LogP contribution in [0.4, 0.5) is 0 Å². The molecule has 1 amide bonds. The molecular formula is C15H27ClN2O3. The normalized spacial score (nSPS) is 28.0. The SMILES string of the molecule is C[C@@]1(C(=O)O)CCCN1C(=O)[C@H](N)CC1CCCCC1.Cl. The summed E-state index contributed by atoms with van der Waals surface area (Å²) in [4.78, 5) is 25.4. The molecule has 122 valence electrons. The number of carbonyl (C=O) groups excluding carboxylic acids is 1. The molecule has 6 heteroatoms. The summed E-state index contributed by atoms with van der Waals surface area (Å²) in [5.41, 5.74) is 5.00. The quantitative estimate of drug-likeness (QED) is 0.832. The number of carboxylic acids is 1. The predicted molar refractivity (Wildman–Crippen MR) is 83.4 cm³/mol. The van der Waals surface area contributed by atoms with Gasteiger partial charge in [0.05, 0.1) is 6.04 Å². The zero-order valence-electron chi connectivity index (χ0n) is 12.7. The lowest BCUT2D eigenvalue weighted by Gasteiger charge is -2.34. The van der Waals surface area contributed by atoms with Gasteiger partial charge in [0.15, 0.2) is 0 Å². The van der Waals surface area contributed by atoms with E-state index in [4.69, 9.17) is 5.73 Å². The number of carboxylic acid groups (broad SMARTS) is 1. The molecule has 0 unspecified atom stereocenters. The fourth-order valence-corrected chi connectivity index (χ4v) is 3.62. The molecule has 1 heterocycles. The number of aliphatic carboxylic acids is 1. The van der Waals surface area contributed by atoms with Crippen molar-refractivity contribution in [3.05, 3.63) is 0 Å². The molecule has 1 aliphatic heterocycles. The molecular weight excluding hydrogens is 292 g/mol. The maximum atomic E-state index is 12.5. The maximum Gasteiger partial charge on any atom is 0.329 e. The van der Waals surface area contributed by atoms with Gasteiger partial charge >= 0.3 is 5.97 Å². The third-order valence-corrected chi connectivity index (χ3v) is 5.00. The van der Waals surface area contributed by atoms with Gasteiger partial charge in [-0.05, 0) is 32.1 Å². The summed E-state index contributed by atoms with van der Waals surface area (Å²) in [6.45, 7) is 2.15. The highest BCUT2D eigenvalue weighted by atomic mass is 35.5. The Hall–Kier alpha value is -0.810. The van der Waals surface area contributed by atoms with Crippen molar-refractivity contribution in [3.8, 4) is 0 Å². The van der Waals surface area contributed by atoms with Gasteiger partial charge in [-0.2, -0.15) is 0 Å². The van der Waals surface area contributed by atoms with E-state index in [0.717, 1.165) is 19.3 Å². The van der Waals surface area contributed by atoms with Gasteiger partial charge in [-0.1, -0.05) is 32.1 Å². The number of carbonyl (C=O) groups is 2. The molecule has 3 N–H and O–H groups in total. The number of halogens is 1. The fraction of sp³-hybridized carbons (Fsp3) is 0.867. The number of hydrogen-bond donors (Lipinski definition) is 2. The average molecular weight is 319 g/mol. The van der Waals surface area contributed by atoms with Crippen LogP contribution in [0.2, 0.25) is 0 Å². The molecule has 0 spiro atoms. The molecule has 2 rings (SSSR count). The molecule has 21 heavy (non-hydrogen) atoms. The number of likely N-dealkylation sites (tertiary alicyclic amines) is 1. The van der Waals surface area contributed by atoms with Gasteiger partial charge in [-0.15, -0.1) is 12.4 Å². The highest BCUT2D eigenvalue weighted by molar-refractivity contribution is 5.89. The van der Waals surface area contributed by atoms with Crippen molar-refractivity contribution in [3.63, 3.8) is 0 Å². The smallest absolute Gasteiger partial charge is 0.329 e. The van der Waals surface area contributed by atoms with Gasteiger partial charge in [0, 0.05) is 6.54 Å². The predicted octanol–water partition coefficient (Wildman–Crippen LogP) is 2.17. The monoisotopic (exact) mass is 318 g/mol. The first kappa shape index (κ1) is 18.2. The van der Waals surface area contributed by atoms with Crippen molar-refractivity contribution in [1.29, 1.82) is 0 Å². The highest BCUT2D eigenvalue weighted by Gasteiger charge is 2.47. The molecule has 0 aromatic rings. The van der Waals surface area contributed by atoms with Crippen LogP contribution < -0.4 is 5.73 Å². The lowest BCUT2D eigenvalue weighted by atomic mass is 9.84. The first-order chi connectivity index (χ1) is 9.45. The van der Waals surface area contributed by atoms with Crippen LogP contribution in [0.3, 0.4) is 0 Å². The molecule has 5 nitrogen and oxygen atoms in total. The van der Waals surface area contributed by atoms with Crippen molar-refractivity contribution in [2.45, 2.75) is 69.9 Å². The lowest BCUT2D eigenvalue weighted by Crippen LogP contribution is -2.55. The molecule has 0 aromatic carbocycles. The Labute approximate surface area is 132 Å². The molecule has 2 aliphatic rings. The first-order valence-electron chi connectivity index (χ1n) is 7.75. The minimum atomic E-state index is -1.07. The van der Waals surface area contributed by atoms with Crippen molar-refractivity contribution < 1.29 is 14.7 Å². The van der Waals surface area contributed by atoms with Gasteiger partial charge in [0.1, 0.15) is 5.54 Å². The van der Waals surface area contributed by atoms with Crippen LogP contribution in [0.5, 0.6) is 0 Å².